The zero-order valence-corrected chi connectivity index (χ0v) is 15.9. The number of anilines is 1. The van der Waals surface area contributed by atoms with Crippen molar-refractivity contribution in [2.45, 2.75) is 51.6 Å². The smallest absolute Gasteiger partial charge is 0.241 e. The van der Waals surface area contributed by atoms with Crippen molar-refractivity contribution >= 4 is 11.6 Å². The van der Waals surface area contributed by atoms with Crippen LogP contribution in [0.25, 0.3) is 0 Å². The van der Waals surface area contributed by atoms with Crippen molar-refractivity contribution in [1.82, 2.24) is 9.88 Å². The SMILES string of the molecule is COc1ccc(NC(=O)C2CCCN2Cc2ncc(C(C)(C)C)o2)cc1. The number of rotatable bonds is 5. The number of oxazole rings is 1. The van der Waals surface area contributed by atoms with Crippen LogP contribution >= 0.6 is 0 Å². The highest BCUT2D eigenvalue weighted by atomic mass is 16.5. The van der Waals surface area contributed by atoms with Gasteiger partial charge in [0, 0.05) is 11.1 Å². The molecule has 0 bridgehead atoms. The molecule has 6 nitrogen and oxygen atoms in total. The summed E-state index contributed by atoms with van der Waals surface area (Å²) in [5.74, 6) is 2.31. The Labute approximate surface area is 154 Å². The molecule has 1 aliphatic rings. The van der Waals surface area contributed by atoms with Crippen molar-refractivity contribution in [2.75, 3.05) is 19.0 Å². The fourth-order valence-corrected chi connectivity index (χ4v) is 3.12. The highest BCUT2D eigenvalue weighted by Crippen LogP contribution is 2.26. The minimum Gasteiger partial charge on any atom is -0.497 e. The summed E-state index contributed by atoms with van der Waals surface area (Å²) < 4.78 is 11.0. The summed E-state index contributed by atoms with van der Waals surface area (Å²) in [7, 11) is 1.62. The van der Waals surface area contributed by atoms with E-state index < -0.39 is 0 Å². The molecule has 1 fully saturated rings. The number of amides is 1. The van der Waals surface area contributed by atoms with Crippen LogP contribution in [0.2, 0.25) is 0 Å². The van der Waals surface area contributed by atoms with Gasteiger partial charge in [0.05, 0.1) is 25.9 Å². The first kappa shape index (κ1) is 18.5. The maximum Gasteiger partial charge on any atom is 0.241 e. The van der Waals surface area contributed by atoms with Crippen molar-refractivity contribution in [3.8, 4) is 5.75 Å². The zero-order valence-electron chi connectivity index (χ0n) is 15.9. The number of aromatic nitrogens is 1. The van der Waals surface area contributed by atoms with Crippen molar-refractivity contribution in [1.29, 1.82) is 0 Å². The van der Waals surface area contributed by atoms with E-state index >= 15 is 0 Å². The number of hydrogen-bond acceptors (Lipinski definition) is 5. The standard InChI is InChI=1S/C20H27N3O3/c1-20(2,3)17-12-21-18(26-17)13-23-11-5-6-16(23)19(24)22-14-7-9-15(25-4)10-8-14/h7-10,12,16H,5-6,11,13H2,1-4H3,(H,22,24). The number of nitrogens with one attached hydrogen (secondary N) is 1. The van der Waals surface area contributed by atoms with Crippen LogP contribution in [0.1, 0.15) is 45.3 Å². The molecule has 1 saturated heterocycles. The maximum atomic E-state index is 12.7. The van der Waals surface area contributed by atoms with Crippen molar-refractivity contribution in [2.24, 2.45) is 0 Å². The first-order valence-corrected chi connectivity index (χ1v) is 9.01. The van der Waals surface area contributed by atoms with Gasteiger partial charge in [0.2, 0.25) is 11.8 Å². The summed E-state index contributed by atoms with van der Waals surface area (Å²) >= 11 is 0. The lowest BCUT2D eigenvalue weighted by Gasteiger charge is -2.22. The Balaban J connectivity index is 1.63. The molecule has 2 heterocycles. The predicted molar refractivity (Wildman–Crippen MR) is 100 cm³/mol. The lowest BCUT2D eigenvalue weighted by molar-refractivity contribution is -0.120. The molecule has 1 aliphatic heterocycles. The summed E-state index contributed by atoms with van der Waals surface area (Å²) in [5.41, 5.74) is 0.704. The topological polar surface area (TPSA) is 67.6 Å². The van der Waals surface area contributed by atoms with Crippen LogP contribution in [-0.4, -0.2) is 35.5 Å². The lowest BCUT2D eigenvalue weighted by atomic mass is 9.94. The van der Waals surface area contributed by atoms with Gasteiger partial charge in [-0.15, -0.1) is 0 Å². The van der Waals surface area contributed by atoms with E-state index in [1.165, 1.54) is 0 Å². The summed E-state index contributed by atoms with van der Waals surface area (Å²) in [6.07, 6.45) is 3.63. The molecule has 2 aromatic rings. The number of ether oxygens (including phenoxy) is 1. The molecular formula is C20H27N3O3. The van der Waals surface area contributed by atoms with Gasteiger partial charge in [-0.25, -0.2) is 4.98 Å². The van der Waals surface area contributed by atoms with E-state index in [2.05, 4.69) is 36.0 Å². The fourth-order valence-electron chi connectivity index (χ4n) is 3.12. The van der Waals surface area contributed by atoms with E-state index in [0.29, 0.717) is 12.4 Å². The number of methoxy groups -OCH3 is 1. The van der Waals surface area contributed by atoms with Crippen molar-refractivity contribution < 1.29 is 13.9 Å². The Bertz CT molecular complexity index is 746. The molecule has 3 rings (SSSR count). The van der Waals surface area contributed by atoms with E-state index in [-0.39, 0.29) is 17.4 Å². The first-order valence-electron chi connectivity index (χ1n) is 9.01. The van der Waals surface area contributed by atoms with E-state index in [1.807, 2.05) is 24.3 Å². The van der Waals surface area contributed by atoms with Crippen LogP contribution in [0.4, 0.5) is 5.69 Å². The normalized spacial score (nSPS) is 18.1. The Morgan fingerprint density at radius 1 is 1.35 bits per heavy atom. The molecule has 0 spiro atoms. The Morgan fingerprint density at radius 2 is 2.08 bits per heavy atom. The molecule has 1 unspecified atom stereocenters. The predicted octanol–water partition coefficient (Wildman–Crippen LogP) is 3.58. The quantitative estimate of drug-likeness (QED) is 0.886. The summed E-state index contributed by atoms with van der Waals surface area (Å²) in [6.45, 7) is 7.71. The second-order valence-electron chi connectivity index (χ2n) is 7.71. The Morgan fingerprint density at radius 3 is 2.69 bits per heavy atom. The third-order valence-corrected chi connectivity index (χ3v) is 4.65. The van der Waals surface area contributed by atoms with Gasteiger partial charge in [0.25, 0.3) is 0 Å². The van der Waals surface area contributed by atoms with Gasteiger partial charge < -0.3 is 14.5 Å². The molecule has 0 radical (unpaired) electrons. The van der Waals surface area contributed by atoms with Gasteiger partial charge in [0.1, 0.15) is 11.5 Å². The number of nitrogens with zero attached hydrogens (tertiary/aromatic N) is 2. The molecule has 1 amide bonds. The zero-order chi connectivity index (χ0) is 18.7. The second-order valence-corrected chi connectivity index (χ2v) is 7.71. The third-order valence-electron chi connectivity index (χ3n) is 4.65. The maximum absolute atomic E-state index is 12.7. The monoisotopic (exact) mass is 357 g/mol. The first-order chi connectivity index (χ1) is 12.4. The molecular weight excluding hydrogens is 330 g/mol. The molecule has 1 atom stereocenters. The van der Waals surface area contributed by atoms with Crippen molar-refractivity contribution in [3.05, 3.63) is 42.1 Å². The molecule has 0 aliphatic carbocycles. The summed E-state index contributed by atoms with van der Waals surface area (Å²) in [5, 5.41) is 2.99. The minimum absolute atomic E-state index is 0.00951. The van der Waals surface area contributed by atoms with Gasteiger partial charge in [-0.3, -0.25) is 9.69 Å². The molecule has 140 valence electrons. The molecule has 6 heteroatoms. The van der Waals surface area contributed by atoms with Gasteiger partial charge in [-0.2, -0.15) is 0 Å². The number of benzene rings is 1. The largest absolute Gasteiger partial charge is 0.497 e. The molecule has 1 N–H and O–H groups in total. The average molecular weight is 357 g/mol. The Hall–Kier alpha value is -2.34. The van der Waals surface area contributed by atoms with Gasteiger partial charge in [0.15, 0.2) is 0 Å². The molecule has 1 aromatic heterocycles. The second kappa shape index (κ2) is 7.50. The number of carbonyl (C=O) groups excluding carboxylic acids is 1. The van der Waals surface area contributed by atoms with Crippen LogP contribution in [0.3, 0.4) is 0 Å². The Kier molecular flexibility index (Phi) is 5.32. The van der Waals surface area contributed by atoms with E-state index in [4.69, 9.17) is 9.15 Å². The number of carbonyl (C=O) groups is 1. The lowest BCUT2D eigenvalue weighted by Crippen LogP contribution is -2.39. The molecule has 1 aromatic carbocycles. The van der Waals surface area contributed by atoms with Gasteiger partial charge >= 0.3 is 0 Å². The van der Waals surface area contributed by atoms with Gasteiger partial charge in [-0.05, 0) is 43.7 Å². The van der Waals surface area contributed by atoms with E-state index in [1.54, 1.807) is 13.3 Å². The average Bonchev–Trinajstić information content (AvgIpc) is 3.25. The highest BCUT2D eigenvalue weighted by Gasteiger charge is 2.32. The van der Waals surface area contributed by atoms with Crippen LogP contribution in [-0.2, 0) is 16.8 Å². The van der Waals surface area contributed by atoms with E-state index in [0.717, 1.165) is 36.6 Å². The third kappa shape index (κ3) is 4.25. The number of hydrogen-bond donors (Lipinski definition) is 1. The molecule has 26 heavy (non-hydrogen) atoms. The molecule has 0 saturated carbocycles. The fraction of sp³-hybridized carbons (Fsp3) is 0.500. The summed E-state index contributed by atoms with van der Waals surface area (Å²) in [6, 6.07) is 7.20. The van der Waals surface area contributed by atoms with Gasteiger partial charge in [-0.1, -0.05) is 20.8 Å². The van der Waals surface area contributed by atoms with Crippen LogP contribution in [0, 0.1) is 0 Å². The number of likely N-dealkylation sites (tertiary alicyclic amines) is 1. The minimum atomic E-state index is -0.165. The van der Waals surface area contributed by atoms with Crippen molar-refractivity contribution in [3.63, 3.8) is 0 Å². The highest BCUT2D eigenvalue weighted by molar-refractivity contribution is 5.95. The summed E-state index contributed by atoms with van der Waals surface area (Å²) in [4.78, 5) is 19.2. The van der Waals surface area contributed by atoms with Crippen LogP contribution < -0.4 is 10.1 Å². The van der Waals surface area contributed by atoms with Crippen LogP contribution in [0.5, 0.6) is 5.75 Å². The van der Waals surface area contributed by atoms with Crippen LogP contribution in [0.15, 0.2) is 34.9 Å². The van der Waals surface area contributed by atoms with E-state index in [9.17, 15) is 4.79 Å².